The van der Waals surface area contributed by atoms with E-state index in [9.17, 15) is 4.79 Å². The Balaban J connectivity index is 2.89. The van der Waals surface area contributed by atoms with Gasteiger partial charge in [0.15, 0.2) is 5.78 Å². The largest absolute Gasteiger partial charge is 0.294 e. The summed E-state index contributed by atoms with van der Waals surface area (Å²) in [6, 6.07) is 9.75. The van der Waals surface area contributed by atoms with Gasteiger partial charge < -0.3 is 0 Å². The van der Waals surface area contributed by atoms with Gasteiger partial charge in [-0.05, 0) is 21.0 Å². The molecule has 0 saturated carbocycles. The fourth-order valence-corrected chi connectivity index (χ4v) is 1.51. The molecule has 0 fully saturated rings. The Morgan fingerprint density at radius 3 is 2.59 bits per heavy atom. The van der Waals surface area contributed by atoms with Crippen molar-refractivity contribution in [3.63, 3.8) is 0 Å². The molecule has 3 nitrogen and oxygen atoms in total. The predicted molar refractivity (Wildman–Crippen MR) is 73.1 cm³/mol. The van der Waals surface area contributed by atoms with Gasteiger partial charge in [-0.15, -0.1) is 0 Å². The van der Waals surface area contributed by atoms with Crippen LogP contribution in [0.2, 0.25) is 0 Å². The van der Waals surface area contributed by atoms with Crippen LogP contribution in [0.3, 0.4) is 0 Å². The number of Topliss-reactive ketones (excluding diaryl/α,β-unsaturated/α-hetero) is 1. The van der Waals surface area contributed by atoms with E-state index in [0.717, 1.165) is 5.56 Å². The molecule has 1 aromatic carbocycles. The van der Waals surface area contributed by atoms with Gasteiger partial charge in [0.25, 0.3) is 0 Å². The van der Waals surface area contributed by atoms with Crippen molar-refractivity contribution in [2.24, 2.45) is 5.92 Å². The third-order valence-corrected chi connectivity index (χ3v) is 2.46. The quantitative estimate of drug-likeness (QED) is 0.480. The zero-order chi connectivity index (χ0) is 12.7. The molecule has 0 amide bonds. The number of nitrogens with one attached hydrogen (secondary N) is 1. The van der Waals surface area contributed by atoms with Crippen molar-refractivity contribution in [2.45, 2.75) is 13.8 Å². The number of ketones is 1. The Morgan fingerprint density at radius 1 is 1.41 bits per heavy atom. The average molecular weight is 251 g/mol. The zero-order valence-electron chi connectivity index (χ0n) is 10.1. The van der Waals surface area contributed by atoms with Crippen LogP contribution in [-0.2, 0) is 9.63 Å². The minimum Gasteiger partial charge on any atom is -0.294 e. The lowest BCUT2D eigenvalue weighted by Gasteiger charge is -2.09. The van der Waals surface area contributed by atoms with Crippen LogP contribution in [0, 0.1) is 5.92 Å². The van der Waals surface area contributed by atoms with Crippen molar-refractivity contribution >= 4 is 21.2 Å². The number of carbonyl (C=O) groups is 1. The number of carbonyl (C=O) groups excluding carboxylic acids is 1. The summed E-state index contributed by atoms with van der Waals surface area (Å²) in [4.78, 5) is 17.0. The van der Waals surface area contributed by atoms with E-state index in [2.05, 4.69) is 14.6 Å². The molecule has 0 spiro atoms. The van der Waals surface area contributed by atoms with Crippen LogP contribution >= 0.6 is 9.39 Å². The Hall–Kier alpha value is -1.02. The number of benzene rings is 1. The van der Waals surface area contributed by atoms with Gasteiger partial charge in [-0.2, -0.15) is 5.25 Å². The van der Waals surface area contributed by atoms with Crippen LogP contribution in [0.5, 0.6) is 0 Å². The lowest BCUT2D eigenvalue weighted by atomic mass is 9.99. The number of rotatable bonds is 6. The van der Waals surface area contributed by atoms with Crippen molar-refractivity contribution in [1.82, 2.24) is 5.25 Å². The first-order valence-electron chi connectivity index (χ1n) is 5.52. The summed E-state index contributed by atoms with van der Waals surface area (Å²) in [5, 5.41) is 2.50. The predicted octanol–water partition coefficient (Wildman–Crippen LogP) is 2.61. The SMILES string of the molecule is CC(C)C(=O)/C(=C/c1ccccc1)CONP. The first-order chi connectivity index (χ1) is 8.15. The molecule has 0 aliphatic heterocycles. The Kier molecular flexibility index (Phi) is 6.06. The Labute approximate surface area is 104 Å². The molecule has 1 unspecified atom stereocenters. The van der Waals surface area contributed by atoms with Crippen LogP contribution in [-0.4, -0.2) is 12.4 Å². The van der Waals surface area contributed by atoms with Crippen molar-refractivity contribution in [3.8, 4) is 0 Å². The van der Waals surface area contributed by atoms with Gasteiger partial charge in [-0.1, -0.05) is 44.2 Å². The average Bonchev–Trinajstić information content (AvgIpc) is 2.34. The minimum absolute atomic E-state index is 0.0296. The van der Waals surface area contributed by atoms with E-state index in [0.29, 0.717) is 5.57 Å². The van der Waals surface area contributed by atoms with Crippen LogP contribution in [0.4, 0.5) is 0 Å². The van der Waals surface area contributed by atoms with E-state index in [1.807, 2.05) is 50.3 Å². The molecule has 1 atom stereocenters. The molecule has 0 heterocycles. The first-order valence-corrected chi connectivity index (χ1v) is 6.10. The molecule has 0 aliphatic rings. The van der Waals surface area contributed by atoms with Crippen molar-refractivity contribution < 1.29 is 9.63 Å². The summed E-state index contributed by atoms with van der Waals surface area (Å²) >= 11 is 0. The van der Waals surface area contributed by atoms with Gasteiger partial charge >= 0.3 is 0 Å². The fraction of sp³-hybridized carbons (Fsp3) is 0.308. The van der Waals surface area contributed by atoms with Crippen molar-refractivity contribution in [1.29, 1.82) is 0 Å². The molecule has 92 valence electrons. The second kappa shape index (κ2) is 7.33. The summed E-state index contributed by atoms with van der Waals surface area (Å²) in [6.45, 7) is 4.03. The van der Waals surface area contributed by atoms with Gasteiger partial charge in [0, 0.05) is 11.5 Å². The van der Waals surface area contributed by atoms with Crippen molar-refractivity contribution in [3.05, 3.63) is 41.5 Å². The summed E-state index contributed by atoms with van der Waals surface area (Å²) < 4.78 is 0. The standard InChI is InChI=1S/C13H18NO2P/c1-10(2)13(15)12(9-16-14-17)8-11-6-4-3-5-7-11/h3-8,10,14H,9,17H2,1-2H3/b12-8+. The topological polar surface area (TPSA) is 38.3 Å². The molecule has 0 aliphatic carbocycles. The lowest BCUT2D eigenvalue weighted by molar-refractivity contribution is -0.118. The highest BCUT2D eigenvalue weighted by atomic mass is 31.0. The summed E-state index contributed by atoms with van der Waals surface area (Å²) in [5.74, 6) is 0.0761. The molecule has 17 heavy (non-hydrogen) atoms. The molecule has 0 bridgehead atoms. The van der Waals surface area contributed by atoms with Crippen LogP contribution in [0.25, 0.3) is 6.08 Å². The Morgan fingerprint density at radius 2 is 2.06 bits per heavy atom. The number of hydrogen-bond donors (Lipinski definition) is 1. The number of hydrogen-bond acceptors (Lipinski definition) is 3. The third-order valence-electron chi connectivity index (χ3n) is 2.29. The maximum Gasteiger partial charge on any atom is 0.163 e. The maximum atomic E-state index is 12.0. The van der Waals surface area contributed by atoms with E-state index >= 15 is 0 Å². The molecule has 1 rings (SSSR count). The minimum atomic E-state index is -0.0296. The molecular weight excluding hydrogens is 233 g/mol. The van der Waals surface area contributed by atoms with Crippen LogP contribution in [0.15, 0.2) is 35.9 Å². The van der Waals surface area contributed by atoms with Gasteiger partial charge in [0.1, 0.15) is 0 Å². The van der Waals surface area contributed by atoms with E-state index < -0.39 is 0 Å². The molecule has 1 N–H and O–H groups in total. The van der Waals surface area contributed by atoms with Crippen LogP contribution in [0.1, 0.15) is 19.4 Å². The smallest absolute Gasteiger partial charge is 0.163 e. The van der Waals surface area contributed by atoms with E-state index in [-0.39, 0.29) is 18.3 Å². The van der Waals surface area contributed by atoms with Gasteiger partial charge in [0.2, 0.25) is 0 Å². The maximum absolute atomic E-state index is 12.0. The lowest BCUT2D eigenvalue weighted by Crippen LogP contribution is -2.16. The van der Waals surface area contributed by atoms with Gasteiger partial charge in [-0.3, -0.25) is 9.63 Å². The highest BCUT2D eigenvalue weighted by Gasteiger charge is 2.13. The third kappa shape index (κ3) is 4.78. The highest BCUT2D eigenvalue weighted by molar-refractivity contribution is 7.13. The molecular formula is C13H18NO2P. The van der Waals surface area contributed by atoms with Crippen LogP contribution < -0.4 is 5.25 Å². The zero-order valence-corrected chi connectivity index (χ0v) is 11.3. The van der Waals surface area contributed by atoms with E-state index in [4.69, 9.17) is 4.84 Å². The summed E-state index contributed by atoms with van der Waals surface area (Å²) in [7, 11) is 2.24. The second-order valence-corrected chi connectivity index (χ2v) is 4.24. The fourth-order valence-electron chi connectivity index (χ4n) is 1.42. The highest BCUT2D eigenvalue weighted by Crippen LogP contribution is 2.12. The van der Waals surface area contributed by atoms with Gasteiger partial charge in [0.05, 0.1) is 6.61 Å². The molecule has 0 radical (unpaired) electrons. The summed E-state index contributed by atoms with van der Waals surface area (Å²) in [5.41, 5.74) is 1.67. The van der Waals surface area contributed by atoms with E-state index in [1.54, 1.807) is 0 Å². The molecule has 4 heteroatoms. The van der Waals surface area contributed by atoms with Crippen molar-refractivity contribution in [2.75, 3.05) is 6.61 Å². The molecule has 1 aromatic rings. The Bertz CT molecular complexity index is 388. The molecule has 0 saturated heterocycles. The monoisotopic (exact) mass is 251 g/mol. The van der Waals surface area contributed by atoms with Gasteiger partial charge in [-0.25, -0.2) is 0 Å². The normalized spacial score (nSPS) is 11.9. The second-order valence-electron chi connectivity index (χ2n) is 4.01. The summed E-state index contributed by atoms with van der Waals surface area (Å²) in [6.07, 6.45) is 1.87. The first kappa shape index (κ1) is 14.0. The van der Waals surface area contributed by atoms with E-state index in [1.165, 1.54) is 0 Å². The molecule has 0 aromatic heterocycles.